The third-order valence-corrected chi connectivity index (χ3v) is 1.94. The van der Waals surface area contributed by atoms with Crippen LogP contribution in [0.3, 0.4) is 0 Å². The first-order valence-corrected chi connectivity index (χ1v) is 4.29. The van der Waals surface area contributed by atoms with Crippen LogP contribution in [-0.4, -0.2) is 33.8 Å². The molecule has 1 amide bonds. The summed E-state index contributed by atoms with van der Waals surface area (Å²) in [5.74, 6) is 5.37. The zero-order valence-corrected chi connectivity index (χ0v) is 7.90. The maximum absolute atomic E-state index is 11.7. The zero-order chi connectivity index (χ0) is 9.84. The SMILES string of the molecule is CCN(CC)C(=O)c1ccnn1N. The van der Waals surface area contributed by atoms with Crippen molar-refractivity contribution in [3.63, 3.8) is 0 Å². The van der Waals surface area contributed by atoms with Gasteiger partial charge in [-0.2, -0.15) is 9.89 Å². The highest BCUT2D eigenvalue weighted by Crippen LogP contribution is 2.01. The molecule has 0 spiro atoms. The second-order valence-electron chi connectivity index (χ2n) is 2.64. The Morgan fingerprint density at radius 3 is 2.62 bits per heavy atom. The van der Waals surface area contributed by atoms with Crippen LogP contribution < -0.4 is 5.84 Å². The van der Waals surface area contributed by atoms with Gasteiger partial charge < -0.3 is 10.7 Å². The van der Waals surface area contributed by atoms with Gasteiger partial charge in [-0.15, -0.1) is 0 Å². The summed E-state index contributed by atoms with van der Waals surface area (Å²) in [6.07, 6.45) is 1.51. The lowest BCUT2D eigenvalue weighted by Crippen LogP contribution is -2.33. The molecule has 0 aliphatic heterocycles. The third kappa shape index (κ3) is 1.80. The normalized spacial score (nSPS) is 10.0. The van der Waals surface area contributed by atoms with Gasteiger partial charge in [0.05, 0.1) is 6.20 Å². The molecule has 0 aliphatic rings. The van der Waals surface area contributed by atoms with Crippen molar-refractivity contribution >= 4 is 5.91 Å². The fourth-order valence-electron chi connectivity index (χ4n) is 1.16. The number of nitrogens with zero attached hydrogens (tertiary/aromatic N) is 3. The molecule has 1 heterocycles. The van der Waals surface area contributed by atoms with Gasteiger partial charge in [0.1, 0.15) is 5.69 Å². The number of nitrogen functional groups attached to an aromatic ring is 1. The average molecular weight is 182 g/mol. The van der Waals surface area contributed by atoms with Gasteiger partial charge in [-0.05, 0) is 19.9 Å². The second-order valence-corrected chi connectivity index (χ2v) is 2.64. The first-order chi connectivity index (χ1) is 6.20. The number of carbonyl (C=O) groups excluding carboxylic acids is 1. The first-order valence-electron chi connectivity index (χ1n) is 4.29. The van der Waals surface area contributed by atoms with E-state index in [1.807, 2.05) is 13.8 Å². The molecule has 0 saturated heterocycles. The quantitative estimate of drug-likeness (QED) is 0.673. The maximum Gasteiger partial charge on any atom is 0.274 e. The summed E-state index contributed by atoms with van der Waals surface area (Å²) in [5.41, 5.74) is 0.420. The van der Waals surface area contributed by atoms with Gasteiger partial charge in [0, 0.05) is 13.1 Å². The van der Waals surface area contributed by atoms with Gasteiger partial charge in [0.15, 0.2) is 0 Å². The fourth-order valence-corrected chi connectivity index (χ4v) is 1.16. The van der Waals surface area contributed by atoms with Gasteiger partial charge in [-0.3, -0.25) is 4.79 Å². The van der Waals surface area contributed by atoms with E-state index in [1.54, 1.807) is 11.0 Å². The Balaban J connectivity index is 2.84. The fraction of sp³-hybridized carbons (Fsp3) is 0.500. The van der Waals surface area contributed by atoms with Crippen LogP contribution in [0.2, 0.25) is 0 Å². The summed E-state index contributed by atoms with van der Waals surface area (Å²) < 4.78 is 0. The molecule has 0 saturated carbocycles. The lowest BCUT2D eigenvalue weighted by atomic mass is 10.3. The van der Waals surface area contributed by atoms with E-state index in [-0.39, 0.29) is 5.91 Å². The molecule has 1 aromatic rings. The summed E-state index contributed by atoms with van der Waals surface area (Å²) in [6.45, 7) is 5.22. The zero-order valence-electron chi connectivity index (χ0n) is 7.90. The van der Waals surface area contributed by atoms with Gasteiger partial charge in [0.2, 0.25) is 0 Å². The van der Waals surface area contributed by atoms with E-state index in [0.29, 0.717) is 18.8 Å². The predicted molar refractivity (Wildman–Crippen MR) is 49.6 cm³/mol. The molecule has 0 aromatic carbocycles. The third-order valence-electron chi connectivity index (χ3n) is 1.94. The standard InChI is InChI=1S/C8H14N4O/c1-3-11(4-2)8(13)7-5-6-10-12(7)9/h5-6H,3-4,9H2,1-2H3. The average Bonchev–Trinajstić information content (AvgIpc) is 2.53. The van der Waals surface area contributed by atoms with E-state index in [1.165, 1.54) is 6.20 Å². The molecule has 0 aliphatic carbocycles. The van der Waals surface area contributed by atoms with Crippen LogP contribution in [0.5, 0.6) is 0 Å². The van der Waals surface area contributed by atoms with Gasteiger partial charge in [0.25, 0.3) is 5.91 Å². The summed E-state index contributed by atoms with van der Waals surface area (Å²) in [6, 6.07) is 1.61. The van der Waals surface area contributed by atoms with Crippen LogP contribution in [0, 0.1) is 0 Å². The number of aromatic nitrogens is 2. The summed E-state index contributed by atoms with van der Waals surface area (Å²) in [4.78, 5) is 14.5. The Bertz CT molecular complexity index is 290. The lowest BCUT2D eigenvalue weighted by molar-refractivity contribution is 0.0763. The number of nitrogens with two attached hydrogens (primary N) is 1. The van der Waals surface area contributed by atoms with Crippen molar-refractivity contribution in [2.24, 2.45) is 0 Å². The largest absolute Gasteiger partial charge is 0.338 e. The molecule has 0 radical (unpaired) electrons. The Labute approximate surface area is 77.1 Å². The molecule has 0 unspecified atom stereocenters. The smallest absolute Gasteiger partial charge is 0.274 e. The number of carbonyl (C=O) groups is 1. The van der Waals surface area contributed by atoms with Gasteiger partial charge in [-0.1, -0.05) is 0 Å². The minimum absolute atomic E-state index is 0.0787. The van der Waals surface area contributed by atoms with E-state index in [2.05, 4.69) is 5.10 Å². The van der Waals surface area contributed by atoms with Crippen molar-refractivity contribution in [2.75, 3.05) is 18.9 Å². The Morgan fingerprint density at radius 1 is 1.62 bits per heavy atom. The van der Waals surface area contributed by atoms with E-state index in [0.717, 1.165) is 4.79 Å². The molecule has 2 N–H and O–H groups in total. The van der Waals surface area contributed by atoms with Crippen LogP contribution in [0.15, 0.2) is 12.3 Å². The van der Waals surface area contributed by atoms with E-state index in [4.69, 9.17) is 5.84 Å². The topological polar surface area (TPSA) is 64.2 Å². The summed E-state index contributed by atoms with van der Waals surface area (Å²) in [5, 5.41) is 3.74. The Morgan fingerprint density at radius 2 is 2.23 bits per heavy atom. The van der Waals surface area contributed by atoms with Crippen molar-refractivity contribution in [1.82, 2.24) is 14.8 Å². The molecule has 1 rings (SSSR count). The lowest BCUT2D eigenvalue weighted by Gasteiger charge is -2.17. The van der Waals surface area contributed by atoms with Crippen molar-refractivity contribution in [2.45, 2.75) is 13.8 Å². The Kier molecular flexibility index (Phi) is 2.89. The van der Waals surface area contributed by atoms with Crippen LogP contribution in [0.1, 0.15) is 24.3 Å². The minimum Gasteiger partial charge on any atom is -0.338 e. The number of hydrogen-bond acceptors (Lipinski definition) is 3. The maximum atomic E-state index is 11.7. The van der Waals surface area contributed by atoms with Gasteiger partial charge >= 0.3 is 0 Å². The van der Waals surface area contributed by atoms with Crippen LogP contribution in [-0.2, 0) is 0 Å². The molecule has 0 atom stereocenters. The first kappa shape index (κ1) is 9.57. The number of rotatable bonds is 3. The molecular weight excluding hydrogens is 168 g/mol. The predicted octanol–water partition coefficient (Wildman–Crippen LogP) is 0.0789. The Hall–Kier alpha value is -1.52. The van der Waals surface area contributed by atoms with Gasteiger partial charge in [-0.25, -0.2) is 0 Å². The molecule has 72 valence electrons. The highest BCUT2D eigenvalue weighted by molar-refractivity contribution is 5.92. The highest BCUT2D eigenvalue weighted by atomic mass is 16.2. The molecule has 13 heavy (non-hydrogen) atoms. The van der Waals surface area contributed by atoms with E-state index >= 15 is 0 Å². The molecule has 5 nitrogen and oxygen atoms in total. The molecule has 5 heteroatoms. The highest BCUT2D eigenvalue weighted by Gasteiger charge is 2.15. The van der Waals surface area contributed by atoms with Crippen LogP contribution >= 0.6 is 0 Å². The summed E-state index contributed by atoms with van der Waals surface area (Å²) >= 11 is 0. The van der Waals surface area contributed by atoms with E-state index in [9.17, 15) is 4.79 Å². The van der Waals surface area contributed by atoms with Crippen LogP contribution in [0.25, 0.3) is 0 Å². The molecule has 1 aromatic heterocycles. The molecule has 0 bridgehead atoms. The molecule has 0 fully saturated rings. The number of amides is 1. The van der Waals surface area contributed by atoms with Crippen molar-refractivity contribution in [3.8, 4) is 0 Å². The second kappa shape index (κ2) is 3.93. The van der Waals surface area contributed by atoms with Crippen molar-refractivity contribution < 1.29 is 4.79 Å². The van der Waals surface area contributed by atoms with E-state index < -0.39 is 0 Å². The number of hydrogen-bond donors (Lipinski definition) is 1. The van der Waals surface area contributed by atoms with Crippen molar-refractivity contribution in [3.05, 3.63) is 18.0 Å². The summed E-state index contributed by atoms with van der Waals surface area (Å²) in [7, 11) is 0. The monoisotopic (exact) mass is 182 g/mol. The molecular formula is C8H14N4O. The van der Waals surface area contributed by atoms with Crippen LogP contribution in [0.4, 0.5) is 0 Å². The van der Waals surface area contributed by atoms with Crippen molar-refractivity contribution in [1.29, 1.82) is 0 Å². The minimum atomic E-state index is -0.0787.